The summed E-state index contributed by atoms with van der Waals surface area (Å²) in [5, 5.41) is 3.61. The zero-order valence-electron chi connectivity index (χ0n) is 15.8. The van der Waals surface area contributed by atoms with E-state index >= 15 is 0 Å². The van der Waals surface area contributed by atoms with Crippen molar-refractivity contribution in [1.29, 1.82) is 0 Å². The van der Waals surface area contributed by atoms with E-state index in [0.29, 0.717) is 41.9 Å². The van der Waals surface area contributed by atoms with E-state index in [1.807, 2.05) is 13.8 Å². The van der Waals surface area contributed by atoms with Crippen molar-refractivity contribution in [2.24, 2.45) is 5.41 Å². The molecule has 8 nitrogen and oxygen atoms in total. The molecular formula is C19H25N5O3. The highest BCUT2D eigenvalue weighted by Crippen LogP contribution is 2.36. The number of rotatable bonds is 4. The second-order valence-electron chi connectivity index (χ2n) is 8.09. The molecule has 2 aromatic rings. The Kier molecular flexibility index (Phi) is 4.69. The number of hydrogen-bond acceptors (Lipinski definition) is 7. The Morgan fingerprint density at radius 1 is 1.26 bits per heavy atom. The topological polar surface area (TPSA) is 100 Å². The molecule has 27 heavy (non-hydrogen) atoms. The number of ether oxygens (including phenoxy) is 1. The molecule has 1 fully saturated rings. The van der Waals surface area contributed by atoms with Crippen LogP contribution in [-0.4, -0.2) is 65.0 Å². The van der Waals surface area contributed by atoms with Crippen LogP contribution in [0.1, 0.15) is 36.2 Å². The molecule has 1 aliphatic carbocycles. The molecule has 0 saturated carbocycles. The predicted octanol–water partition coefficient (Wildman–Crippen LogP) is 1.22. The van der Waals surface area contributed by atoms with Gasteiger partial charge in [-0.1, -0.05) is 13.8 Å². The van der Waals surface area contributed by atoms with Gasteiger partial charge in [0, 0.05) is 44.4 Å². The second kappa shape index (κ2) is 7.01. The van der Waals surface area contributed by atoms with Gasteiger partial charge >= 0.3 is 0 Å². The van der Waals surface area contributed by atoms with Crippen LogP contribution >= 0.6 is 0 Å². The standard InChI is InChI=1S/C19H25N5O3/c1-19(2)9-12-13(14(25)10-19)11-21-16-15(12)17(26)23-18(22-16)20-3-4-24-5-7-27-8-6-24/h11H,3-10H2,1-2H3,(H2,20,21,22,23,26). The smallest absolute Gasteiger partial charge is 0.262 e. The van der Waals surface area contributed by atoms with Gasteiger partial charge in [-0.15, -0.1) is 0 Å². The number of Topliss-reactive ketones (excluding diaryl/α,β-unsaturated/α-hetero) is 1. The Labute approximate surface area is 157 Å². The van der Waals surface area contributed by atoms with Crippen molar-refractivity contribution in [3.63, 3.8) is 0 Å². The number of carbonyl (C=O) groups excluding carboxylic acids is 1. The van der Waals surface area contributed by atoms with Crippen LogP contribution < -0.4 is 10.9 Å². The van der Waals surface area contributed by atoms with Crippen molar-refractivity contribution >= 4 is 22.8 Å². The lowest BCUT2D eigenvalue weighted by molar-refractivity contribution is 0.0398. The molecule has 144 valence electrons. The van der Waals surface area contributed by atoms with Crippen molar-refractivity contribution in [3.8, 4) is 0 Å². The number of carbonyl (C=O) groups is 1. The number of hydrogen-bond donors (Lipinski definition) is 2. The Hall–Kier alpha value is -2.32. The van der Waals surface area contributed by atoms with Crippen LogP contribution in [0.3, 0.4) is 0 Å². The second-order valence-corrected chi connectivity index (χ2v) is 8.09. The largest absolute Gasteiger partial charge is 0.379 e. The molecule has 1 aliphatic heterocycles. The van der Waals surface area contributed by atoms with Crippen LogP contribution in [0.5, 0.6) is 0 Å². The maximum Gasteiger partial charge on any atom is 0.262 e. The third-order valence-corrected chi connectivity index (χ3v) is 5.26. The summed E-state index contributed by atoms with van der Waals surface area (Å²) in [5.74, 6) is 0.456. The summed E-state index contributed by atoms with van der Waals surface area (Å²) >= 11 is 0. The van der Waals surface area contributed by atoms with E-state index in [0.717, 1.165) is 38.4 Å². The minimum absolute atomic E-state index is 0.0442. The van der Waals surface area contributed by atoms with Gasteiger partial charge in [0.05, 0.1) is 18.6 Å². The first-order chi connectivity index (χ1) is 12.9. The van der Waals surface area contributed by atoms with Crippen molar-refractivity contribution in [1.82, 2.24) is 19.9 Å². The molecule has 0 atom stereocenters. The summed E-state index contributed by atoms with van der Waals surface area (Å²) in [6.45, 7) is 8.97. The van der Waals surface area contributed by atoms with Crippen molar-refractivity contribution < 1.29 is 9.53 Å². The Morgan fingerprint density at radius 3 is 2.81 bits per heavy atom. The lowest BCUT2D eigenvalue weighted by Gasteiger charge is -2.30. The van der Waals surface area contributed by atoms with Gasteiger partial charge in [0.1, 0.15) is 0 Å². The van der Waals surface area contributed by atoms with Gasteiger partial charge in [-0.3, -0.25) is 19.5 Å². The minimum atomic E-state index is -0.247. The molecule has 0 spiro atoms. The van der Waals surface area contributed by atoms with Gasteiger partial charge in [-0.05, 0) is 17.4 Å². The molecule has 0 bridgehead atoms. The normalized spacial score (nSPS) is 19.9. The van der Waals surface area contributed by atoms with Crippen LogP contribution in [0.25, 0.3) is 11.0 Å². The number of morpholine rings is 1. The minimum Gasteiger partial charge on any atom is -0.379 e. The molecule has 4 rings (SSSR count). The van der Waals surface area contributed by atoms with Gasteiger partial charge in [0.25, 0.3) is 5.56 Å². The maximum absolute atomic E-state index is 12.7. The molecule has 0 aromatic carbocycles. The molecule has 2 aromatic heterocycles. The molecule has 0 unspecified atom stereocenters. The number of anilines is 1. The molecule has 3 heterocycles. The Morgan fingerprint density at radius 2 is 2.04 bits per heavy atom. The number of nitrogens with one attached hydrogen (secondary N) is 2. The van der Waals surface area contributed by atoms with E-state index < -0.39 is 0 Å². The Bertz CT molecular complexity index is 931. The van der Waals surface area contributed by atoms with Crippen LogP contribution in [0.15, 0.2) is 11.0 Å². The fourth-order valence-corrected chi connectivity index (χ4v) is 3.90. The molecule has 8 heteroatoms. The third-order valence-electron chi connectivity index (χ3n) is 5.26. The quantitative estimate of drug-likeness (QED) is 0.833. The highest BCUT2D eigenvalue weighted by molar-refractivity contribution is 6.02. The first kappa shape index (κ1) is 18.1. The average molecular weight is 371 g/mol. The molecule has 2 N–H and O–H groups in total. The number of pyridine rings is 1. The fourth-order valence-electron chi connectivity index (χ4n) is 3.90. The summed E-state index contributed by atoms with van der Waals surface area (Å²) in [6.07, 6.45) is 2.71. The third kappa shape index (κ3) is 3.72. The summed E-state index contributed by atoms with van der Waals surface area (Å²) in [6, 6.07) is 0. The van der Waals surface area contributed by atoms with Gasteiger partial charge in [-0.25, -0.2) is 4.98 Å². The van der Waals surface area contributed by atoms with E-state index in [2.05, 4.69) is 25.2 Å². The number of fused-ring (bicyclic) bond motifs is 3. The summed E-state index contributed by atoms with van der Waals surface area (Å²) in [7, 11) is 0. The zero-order chi connectivity index (χ0) is 19.0. The van der Waals surface area contributed by atoms with Gasteiger partial charge in [0.15, 0.2) is 11.4 Å². The fraction of sp³-hybridized carbons (Fsp3) is 0.579. The van der Waals surface area contributed by atoms with Gasteiger partial charge in [0.2, 0.25) is 5.95 Å². The van der Waals surface area contributed by atoms with Crippen molar-refractivity contribution in [2.75, 3.05) is 44.7 Å². The van der Waals surface area contributed by atoms with Crippen LogP contribution in [0, 0.1) is 5.41 Å². The summed E-state index contributed by atoms with van der Waals surface area (Å²) in [4.78, 5) is 39.0. The van der Waals surface area contributed by atoms with E-state index in [1.54, 1.807) is 6.20 Å². The van der Waals surface area contributed by atoms with E-state index in [4.69, 9.17) is 4.74 Å². The SMILES string of the molecule is CC1(C)CC(=O)c2cnc3nc(NCCN4CCOCC4)[nH]c(=O)c3c2C1. The predicted molar refractivity (Wildman–Crippen MR) is 102 cm³/mol. The monoisotopic (exact) mass is 371 g/mol. The number of aromatic nitrogens is 3. The van der Waals surface area contributed by atoms with Crippen LogP contribution in [-0.2, 0) is 11.2 Å². The van der Waals surface area contributed by atoms with Crippen LogP contribution in [0.2, 0.25) is 0 Å². The Balaban J connectivity index is 1.58. The zero-order valence-corrected chi connectivity index (χ0v) is 15.8. The van der Waals surface area contributed by atoms with Crippen molar-refractivity contribution in [2.45, 2.75) is 26.7 Å². The molecule has 0 amide bonds. The van der Waals surface area contributed by atoms with Crippen molar-refractivity contribution in [3.05, 3.63) is 27.7 Å². The molecule has 1 saturated heterocycles. The highest BCUT2D eigenvalue weighted by atomic mass is 16.5. The molecular weight excluding hydrogens is 346 g/mol. The maximum atomic E-state index is 12.7. The van der Waals surface area contributed by atoms with E-state index in [9.17, 15) is 9.59 Å². The summed E-state index contributed by atoms with van der Waals surface area (Å²) in [5.41, 5.74) is 1.30. The first-order valence-electron chi connectivity index (χ1n) is 9.42. The average Bonchev–Trinajstić information content (AvgIpc) is 2.61. The van der Waals surface area contributed by atoms with E-state index in [-0.39, 0.29) is 16.8 Å². The summed E-state index contributed by atoms with van der Waals surface area (Å²) < 4.78 is 5.34. The lowest BCUT2D eigenvalue weighted by atomic mass is 9.73. The van der Waals surface area contributed by atoms with Crippen LogP contribution in [0.4, 0.5) is 5.95 Å². The lowest BCUT2D eigenvalue weighted by Crippen LogP contribution is -2.39. The highest BCUT2D eigenvalue weighted by Gasteiger charge is 2.33. The number of nitrogens with zero attached hydrogens (tertiary/aromatic N) is 3. The number of ketones is 1. The number of H-pyrrole nitrogens is 1. The van der Waals surface area contributed by atoms with E-state index in [1.165, 1.54) is 0 Å². The number of aromatic amines is 1. The van der Waals surface area contributed by atoms with Gasteiger partial charge < -0.3 is 10.1 Å². The van der Waals surface area contributed by atoms with Gasteiger partial charge in [-0.2, -0.15) is 4.98 Å². The molecule has 0 radical (unpaired) electrons. The molecule has 2 aliphatic rings. The first-order valence-corrected chi connectivity index (χ1v) is 9.42.